The number of hydrogen-bond donors (Lipinski definition) is 2. The molecule has 2 atom stereocenters. The Morgan fingerprint density at radius 3 is 2.66 bits per heavy atom. The first kappa shape index (κ1) is 28.7. The highest BCUT2D eigenvalue weighted by atomic mass is 32.1. The van der Waals surface area contributed by atoms with E-state index in [4.69, 9.17) is 0 Å². The molecular weight excluding hydrogens is 557 g/mol. The molecule has 0 bridgehead atoms. The molecule has 2 aromatic heterocycles. The number of aryl methyl sites for hydroxylation is 1. The van der Waals surface area contributed by atoms with Gasteiger partial charge in [-0.1, -0.05) is 31.2 Å². The molecule has 2 N–H and O–H groups in total. The summed E-state index contributed by atoms with van der Waals surface area (Å²) >= 11 is 1.03. The molecule has 0 aliphatic carbocycles. The number of nitrogens with one attached hydrogen (secondary N) is 2. The normalized spacial score (nSPS) is 17.9. The van der Waals surface area contributed by atoms with Gasteiger partial charge in [0, 0.05) is 37.9 Å². The lowest BCUT2D eigenvalue weighted by Gasteiger charge is -2.28. The quantitative estimate of drug-likeness (QED) is 0.432. The largest absolute Gasteiger partial charge is 0.433 e. The van der Waals surface area contributed by atoms with E-state index in [9.17, 15) is 27.6 Å². The second-order valence-electron chi connectivity index (χ2n) is 10.0. The monoisotopic (exact) mass is 586 g/mol. The van der Waals surface area contributed by atoms with Gasteiger partial charge in [0.25, 0.3) is 11.8 Å². The third-order valence-electron chi connectivity index (χ3n) is 7.31. The molecule has 13 heteroatoms. The van der Waals surface area contributed by atoms with Gasteiger partial charge < -0.3 is 10.6 Å². The second-order valence-corrected chi connectivity index (χ2v) is 11.0. The number of pyridine rings is 1. The SMILES string of the molecule is CCC(CNC(=O)c1sc(-c2ccc(C(F)(F)F)nc2)nc1C)C(=O)N[C@@H]1C(=O)N2CCCN2Cc2ccccc21. The standard InChI is InChI=1S/C28H29F3N6O3S/c1-3-17(24(38)35-22-20-8-5-4-7-19(20)15-36-11-6-12-37(36)27(22)40)13-33-25(39)23-16(2)34-26(41-23)18-9-10-21(32-14-18)28(29,30)31/h4-5,7-10,14,17,22H,3,6,11-13,15H2,1-2H3,(H,33,39)(H,35,38)/t17?,22-/m0/s1. The first-order valence-electron chi connectivity index (χ1n) is 13.3. The highest BCUT2D eigenvalue weighted by molar-refractivity contribution is 7.17. The lowest BCUT2D eigenvalue weighted by Crippen LogP contribution is -2.47. The van der Waals surface area contributed by atoms with Crippen LogP contribution in [0.2, 0.25) is 0 Å². The summed E-state index contributed by atoms with van der Waals surface area (Å²) in [6, 6.07) is 8.90. The van der Waals surface area contributed by atoms with Gasteiger partial charge in [-0.05, 0) is 43.0 Å². The molecule has 0 saturated carbocycles. The topological polar surface area (TPSA) is 108 Å². The van der Waals surface area contributed by atoms with Gasteiger partial charge in [0.2, 0.25) is 5.91 Å². The van der Waals surface area contributed by atoms with E-state index in [0.29, 0.717) is 35.8 Å². The van der Waals surface area contributed by atoms with Gasteiger partial charge >= 0.3 is 6.18 Å². The van der Waals surface area contributed by atoms with Gasteiger partial charge in [-0.3, -0.25) is 24.4 Å². The Morgan fingerprint density at radius 1 is 1.17 bits per heavy atom. The summed E-state index contributed by atoms with van der Waals surface area (Å²) in [6.45, 7) is 5.47. The van der Waals surface area contributed by atoms with Gasteiger partial charge in [0.15, 0.2) is 0 Å². The minimum Gasteiger partial charge on any atom is -0.350 e. The molecule has 3 aromatic rings. The van der Waals surface area contributed by atoms with E-state index in [0.717, 1.165) is 47.7 Å². The lowest BCUT2D eigenvalue weighted by molar-refractivity contribution is -0.148. The van der Waals surface area contributed by atoms with Crippen LogP contribution in [0.1, 0.15) is 58.0 Å². The maximum atomic E-state index is 13.4. The molecule has 216 valence electrons. The molecule has 3 amide bonds. The van der Waals surface area contributed by atoms with Crippen LogP contribution < -0.4 is 10.6 Å². The number of nitrogens with zero attached hydrogens (tertiary/aromatic N) is 4. The van der Waals surface area contributed by atoms with Crippen LogP contribution in [0, 0.1) is 12.8 Å². The number of alkyl halides is 3. The third kappa shape index (κ3) is 5.96. The van der Waals surface area contributed by atoms with Crippen LogP contribution >= 0.6 is 11.3 Å². The molecule has 0 spiro atoms. The van der Waals surface area contributed by atoms with Crippen LogP contribution in [0.5, 0.6) is 0 Å². The first-order valence-corrected chi connectivity index (χ1v) is 14.1. The average molecular weight is 587 g/mol. The number of hydrogen-bond acceptors (Lipinski definition) is 7. The summed E-state index contributed by atoms with van der Waals surface area (Å²) in [4.78, 5) is 47.9. The van der Waals surface area contributed by atoms with E-state index >= 15 is 0 Å². The fraction of sp³-hybridized carbons (Fsp3) is 0.393. The maximum absolute atomic E-state index is 13.4. The zero-order valence-electron chi connectivity index (χ0n) is 22.5. The Balaban J connectivity index is 1.26. The van der Waals surface area contributed by atoms with Crippen LogP contribution in [0.3, 0.4) is 0 Å². The molecule has 5 rings (SSSR count). The predicted molar refractivity (Wildman–Crippen MR) is 145 cm³/mol. The van der Waals surface area contributed by atoms with Crippen molar-refractivity contribution >= 4 is 29.1 Å². The molecule has 2 aliphatic heterocycles. The smallest absolute Gasteiger partial charge is 0.350 e. The number of fused-ring (bicyclic) bond motifs is 2. The van der Waals surface area contributed by atoms with Crippen molar-refractivity contribution in [1.29, 1.82) is 0 Å². The number of thiazole rings is 1. The van der Waals surface area contributed by atoms with Crippen LogP contribution in [0.4, 0.5) is 13.2 Å². The summed E-state index contributed by atoms with van der Waals surface area (Å²) in [6.07, 6.45) is -2.18. The van der Waals surface area contributed by atoms with Crippen molar-refractivity contribution in [2.45, 2.75) is 45.5 Å². The van der Waals surface area contributed by atoms with E-state index in [1.54, 1.807) is 11.9 Å². The van der Waals surface area contributed by atoms with Crippen molar-refractivity contribution in [2.24, 2.45) is 5.92 Å². The zero-order chi connectivity index (χ0) is 29.3. The Morgan fingerprint density at radius 2 is 1.95 bits per heavy atom. The molecule has 4 heterocycles. The van der Waals surface area contributed by atoms with Gasteiger partial charge in [-0.2, -0.15) is 13.2 Å². The Hall–Kier alpha value is -3.84. The fourth-order valence-corrected chi connectivity index (χ4v) is 6.03. The van der Waals surface area contributed by atoms with E-state index in [1.165, 1.54) is 6.07 Å². The summed E-state index contributed by atoms with van der Waals surface area (Å²) in [5.74, 6) is -1.55. The van der Waals surface area contributed by atoms with Gasteiger partial charge in [-0.15, -0.1) is 11.3 Å². The van der Waals surface area contributed by atoms with Crippen molar-refractivity contribution in [2.75, 3.05) is 19.6 Å². The molecule has 9 nitrogen and oxygen atoms in total. The van der Waals surface area contributed by atoms with E-state index < -0.39 is 29.7 Å². The Labute approximate surface area is 238 Å². The average Bonchev–Trinajstić information content (AvgIpc) is 3.55. The number of halogens is 3. The van der Waals surface area contributed by atoms with Crippen molar-refractivity contribution < 1.29 is 27.6 Å². The van der Waals surface area contributed by atoms with Gasteiger partial charge in [-0.25, -0.2) is 9.99 Å². The molecular formula is C28H29F3N6O3S. The van der Waals surface area contributed by atoms with Crippen LogP contribution in [0.15, 0.2) is 42.6 Å². The lowest BCUT2D eigenvalue weighted by atomic mass is 9.98. The van der Waals surface area contributed by atoms with Gasteiger partial charge in [0.1, 0.15) is 21.6 Å². The Bertz CT molecular complexity index is 1460. The summed E-state index contributed by atoms with van der Waals surface area (Å²) in [7, 11) is 0. The third-order valence-corrected chi connectivity index (χ3v) is 8.52. The molecule has 0 radical (unpaired) electrons. The van der Waals surface area contributed by atoms with Crippen molar-refractivity contribution in [3.63, 3.8) is 0 Å². The molecule has 41 heavy (non-hydrogen) atoms. The number of hydrazine groups is 1. The van der Waals surface area contributed by atoms with Crippen molar-refractivity contribution in [3.8, 4) is 10.6 Å². The molecule has 1 unspecified atom stereocenters. The number of carbonyl (C=O) groups is 3. The number of carbonyl (C=O) groups excluding carboxylic acids is 3. The first-order chi connectivity index (χ1) is 19.6. The minimum absolute atomic E-state index is 0.0358. The zero-order valence-corrected chi connectivity index (χ0v) is 23.3. The fourth-order valence-electron chi connectivity index (χ4n) is 5.05. The van der Waals surface area contributed by atoms with Crippen molar-refractivity contribution in [1.82, 2.24) is 30.6 Å². The van der Waals surface area contributed by atoms with Crippen LogP contribution in [0.25, 0.3) is 10.6 Å². The van der Waals surface area contributed by atoms with Crippen LogP contribution in [-0.4, -0.2) is 57.3 Å². The summed E-state index contributed by atoms with van der Waals surface area (Å²) in [5.41, 5.74) is 1.51. The molecule has 1 saturated heterocycles. The number of aromatic nitrogens is 2. The molecule has 1 fully saturated rings. The number of benzene rings is 1. The Kier molecular flexibility index (Phi) is 8.09. The highest BCUT2D eigenvalue weighted by Crippen LogP contribution is 2.32. The maximum Gasteiger partial charge on any atom is 0.433 e. The van der Waals surface area contributed by atoms with E-state index in [-0.39, 0.29) is 23.2 Å². The molecule has 1 aromatic carbocycles. The highest BCUT2D eigenvalue weighted by Gasteiger charge is 2.38. The molecule has 2 aliphatic rings. The van der Waals surface area contributed by atoms with E-state index in [2.05, 4.69) is 20.6 Å². The second kappa shape index (κ2) is 11.6. The number of rotatable bonds is 7. The minimum atomic E-state index is -4.55. The predicted octanol–water partition coefficient (Wildman–Crippen LogP) is 4.11. The summed E-state index contributed by atoms with van der Waals surface area (Å²) < 4.78 is 38.5. The summed E-state index contributed by atoms with van der Waals surface area (Å²) in [5, 5.41) is 9.81. The number of amides is 3. The van der Waals surface area contributed by atoms with Gasteiger partial charge in [0.05, 0.1) is 11.6 Å². The van der Waals surface area contributed by atoms with E-state index in [1.807, 2.05) is 36.2 Å². The van der Waals surface area contributed by atoms with Crippen LogP contribution in [-0.2, 0) is 22.3 Å². The van der Waals surface area contributed by atoms with Crippen molar-refractivity contribution in [3.05, 3.63) is 70.0 Å².